The molecule has 0 radical (unpaired) electrons. The summed E-state index contributed by atoms with van der Waals surface area (Å²) in [6.45, 7) is 4.96. The van der Waals surface area contributed by atoms with E-state index >= 15 is 0 Å². The van der Waals surface area contributed by atoms with Crippen LogP contribution in [-0.2, 0) is 0 Å². The minimum absolute atomic E-state index is 0.657. The topological polar surface area (TPSA) is 49.9 Å². The zero-order valence-corrected chi connectivity index (χ0v) is 10.4. The largest absolute Gasteiger partial charge is 0.493 e. The van der Waals surface area contributed by atoms with E-state index in [1.807, 2.05) is 25.3 Å². The first kappa shape index (κ1) is 11.3. The van der Waals surface area contributed by atoms with Crippen molar-refractivity contribution in [1.82, 2.24) is 15.5 Å². The van der Waals surface area contributed by atoms with Crippen molar-refractivity contribution in [1.29, 1.82) is 0 Å². The van der Waals surface area contributed by atoms with Crippen molar-refractivity contribution in [2.75, 3.05) is 19.7 Å². The standard InChI is InChI=1S/C14H17N3O/c1-10-14(8-16-17-10)12-3-2-4-13(5-12)18-9-11-6-15-7-11/h2-5,8,11,15H,6-7,9H2,1H3,(H,16,17). The van der Waals surface area contributed by atoms with Gasteiger partial charge in [-0.15, -0.1) is 0 Å². The number of nitrogens with zero attached hydrogens (tertiary/aromatic N) is 1. The van der Waals surface area contributed by atoms with Gasteiger partial charge in [0.05, 0.1) is 12.8 Å². The van der Waals surface area contributed by atoms with Crippen LogP contribution in [-0.4, -0.2) is 29.9 Å². The molecular weight excluding hydrogens is 226 g/mol. The molecule has 0 spiro atoms. The fraction of sp³-hybridized carbons (Fsp3) is 0.357. The average Bonchev–Trinajstić information content (AvgIpc) is 2.74. The summed E-state index contributed by atoms with van der Waals surface area (Å²) in [5, 5.41) is 10.3. The molecule has 1 aliphatic rings. The predicted molar refractivity (Wildman–Crippen MR) is 70.6 cm³/mol. The van der Waals surface area contributed by atoms with E-state index in [1.165, 1.54) is 0 Å². The summed E-state index contributed by atoms with van der Waals surface area (Å²) in [5.41, 5.74) is 3.35. The van der Waals surface area contributed by atoms with Crippen molar-refractivity contribution in [2.45, 2.75) is 6.92 Å². The molecule has 0 bridgehead atoms. The minimum atomic E-state index is 0.657. The third-order valence-electron chi connectivity index (χ3n) is 3.33. The van der Waals surface area contributed by atoms with E-state index in [0.29, 0.717) is 5.92 Å². The summed E-state index contributed by atoms with van der Waals surface area (Å²) < 4.78 is 5.82. The van der Waals surface area contributed by atoms with Crippen LogP contribution in [0.4, 0.5) is 0 Å². The van der Waals surface area contributed by atoms with Gasteiger partial charge in [-0.25, -0.2) is 0 Å². The number of hydrogen-bond acceptors (Lipinski definition) is 3. The van der Waals surface area contributed by atoms with E-state index in [4.69, 9.17) is 4.74 Å². The van der Waals surface area contributed by atoms with Crippen LogP contribution < -0.4 is 10.1 Å². The van der Waals surface area contributed by atoms with Gasteiger partial charge in [-0.05, 0) is 24.6 Å². The van der Waals surface area contributed by atoms with E-state index in [0.717, 1.165) is 42.3 Å². The second-order valence-electron chi connectivity index (χ2n) is 4.77. The Morgan fingerprint density at radius 2 is 2.28 bits per heavy atom. The quantitative estimate of drug-likeness (QED) is 0.863. The Bertz CT molecular complexity index is 531. The molecule has 4 nitrogen and oxygen atoms in total. The first-order chi connectivity index (χ1) is 8.83. The molecule has 2 N–H and O–H groups in total. The van der Waals surface area contributed by atoms with Gasteiger partial charge in [-0.3, -0.25) is 5.10 Å². The lowest BCUT2D eigenvalue weighted by Crippen LogP contribution is -2.45. The van der Waals surface area contributed by atoms with E-state index in [2.05, 4.69) is 27.6 Å². The summed E-state index contributed by atoms with van der Waals surface area (Å²) in [6, 6.07) is 8.18. The minimum Gasteiger partial charge on any atom is -0.493 e. The molecule has 1 aromatic heterocycles. The van der Waals surface area contributed by atoms with E-state index in [9.17, 15) is 0 Å². The van der Waals surface area contributed by atoms with Crippen LogP contribution in [0.5, 0.6) is 5.75 Å². The Morgan fingerprint density at radius 1 is 1.39 bits per heavy atom. The molecule has 1 aliphatic heterocycles. The summed E-state index contributed by atoms with van der Waals surface area (Å²) in [5.74, 6) is 1.59. The third-order valence-corrected chi connectivity index (χ3v) is 3.33. The van der Waals surface area contributed by atoms with Crippen molar-refractivity contribution in [3.63, 3.8) is 0 Å². The zero-order chi connectivity index (χ0) is 12.4. The number of H-pyrrole nitrogens is 1. The first-order valence-corrected chi connectivity index (χ1v) is 6.27. The lowest BCUT2D eigenvalue weighted by molar-refractivity contribution is 0.199. The Hall–Kier alpha value is -1.81. The van der Waals surface area contributed by atoms with Crippen LogP contribution in [0.25, 0.3) is 11.1 Å². The van der Waals surface area contributed by atoms with Crippen molar-refractivity contribution in [3.8, 4) is 16.9 Å². The second-order valence-corrected chi connectivity index (χ2v) is 4.77. The number of benzene rings is 1. The Morgan fingerprint density at radius 3 is 2.94 bits per heavy atom. The maximum absolute atomic E-state index is 5.82. The van der Waals surface area contributed by atoms with Crippen molar-refractivity contribution in [2.24, 2.45) is 5.92 Å². The summed E-state index contributed by atoms with van der Waals surface area (Å²) >= 11 is 0. The molecular formula is C14H17N3O. The Kier molecular flexibility index (Phi) is 3.02. The van der Waals surface area contributed by atoms with Gasteiger partial charge in [0.2, 0.25) is 0 Å². The molecule has 0 aliphatic carbocycles. The van der Waals surface area contributed by atoms with E-state index < -0.39 is 0 Å². The number of rotatable bonds is 4. The highest BCUT2D eigenvalue weighted by Gasteiger charge is 2.17. The van der Waals surface area contributed by atoms with Gasteiger partial charge in [0.1, 0.15) is 5.75 Å². The molecule has 0 amide bonds. The van der Waals surface area contributed by atoms with Crippen LogP contribution >= 0.6 is 0 Å². The molecule has 3 rings (SSSR count). The molecule has 94 valence electrons. The van der Waals surface area contributed by atoms with E-state index in [-0.39, 0.29) is 0 Å². The molecule has 0 unspecified atom stereocenters. The number of aromatic amines is 1. The predicted octanol–water partition coefficient (Wildman–Crippen LogP) is 1.98. The number of aryl methyl sites for hydroxylation is 1. The maximum atomic E-state index is 5.82. The van der Waals surface area contributed by atoms with Crippen LogP contribution in [0.2, 0.25) is 0 Å². The van der Waals surface area contributed by atoms with Gasteiger partial charge >= 0.3 is 0 Å². The molecule has 1 fully saturated rings. The molecule has 2 aromatic rings. The lowest BCUT2D eigenvalue weighted by atomic mass is 10.1. The molecule has 2 heterocycles. The van der Waals surface area contributed by atoms with E-state index in [1.54, 1.807) is 0 Å². The van der Waals surface area contributed by atoms with Gasteiger partial charge in [-0.2, -0.15) is 5.10 Å². The highest BCUT2D eigenvalue weighted by atomic mass is 16.5. The molecule has 0 atom stereocenters. The SMILES string of the molecule is Cc1[nH]ncc1-c1cccc(OCC2CNC2)c1. The number of aromatic nitrogens is 2. The van der Waals surface area contributed by atoms with Gasteiger partial charge in [0, 0.05) is 30.3 Å². The fourth-order valence-electron chi connectivity index (χ4n) is 2.08. The average molecular weight is 243 g/mol. The number of hydrogen-bond donors (Lipinski definition) is 2. The maximum Gasteiger partial charge on any atom is 0.119 e. The summed E-state index contributed by atoms with van der Waals surface area (Å²) in [6.07, 6.45) is 1.85. The molecule has 0 saturated carbocycles. The van der Waals surface area contributed by atoms with Crippen LogP contribution in [0.15, 0.2) is 30.5 Å². The second kappa shape index (κ2) is 4.82. The van der Waals surface area contributed by atoms with Crippen molar-refractivity contribution in [3.05, 3.63) is 36.2 Å². The smallest absolute Gasteiger partial charge is 0.119 e. The summed E-state index contributed by atoms with van der Waals surface area (Å²) in [7, 11) is 0. The van der Waals surface area contributed by atoms with Crippen molar-refractivity contribution >= 4 is 0 Å². The number of ether oxygens (including phenoxy) is 1. The molecule has 1 aromatic carbocycles. The van der Waals surface area contributed by atoms with Crippen LogP contribution in [0.3, 0.4) is 0 Å². The number of nitrogens with one attached hydrogen (secondary N) is 2. The molecule has 1 saturated heterocycles. The summed E-state index contributed by atoms with van der Waals surface area (Å²) in [4.78, 5) is 0. The monoisotopic (exact) mass is 243 g/mol. The lowest BCUT2D eigenvalue weighted by Gasteiger charge is -2.26. The third kappa shape index (κ3) is 2.24. The zero-order valence-electron chi connectivity index (χ0n) is 10.4. The van der Waals surface area contributed by atoms with Crippen LogP contribution in [0, 0.1) is 12.8 Å². The first-order valence-electron chi connectivity index (χ1n) is 6.27. The van der Waals surface area contributed by atoms with Gasteiger partial charge in [0.15, 0.2) is 0 Å². The van der Waals surface area contributed by atoms with Gasteiger partial charge < -0.3 is 10.1 Å². The highest BCUT2D eigenvalue weighted by Crippen LogP contribution is 2.25. The normalized spacial score (nSPS) is 15.4. The molecule has 18 heavy (non-hydrogen) atoms. The fourth-order valence-corrected chi connectivity index (χ4v) is 2.08. The Labute approximate surface area is 106 Å². The Balaban J connectivity index is 1.74. The van der Waals surface area contributed by atoms with Gasteiger partial charge in [0.25, 0.3) is 0 Å². The highest BCUT2D eigenvalue weighted by molar-refractivity contribution is 5.66. The molecule has 4 heteroatoms. The van der Waals surface area contributed by atoms with Crippen molar-refractivity contribution < 1.29 is 4.74 Å². The van der Waals surface area contributed by atoms with Gasteiger partial charge in [-0.1, -0.05) is 12.1 Å². The van der Waals surface area contributed by atoms with Crippen LogP contribution in [0.1, 0.15) is 5.69 Å².